The van der Waals surface area contributed by atoms with Crippen molar-refractivity contribution in [3.05, 3.63) is 35.6 Å². The van der Waals surface area contributed by atoms with Crippen LogP contribution in [0.3, 0.4) is 0 Å². The molecule has 4 nitrogen and oxygen atoms in total. The van der Waals surface area contributed by atoms with Crippen molar-refractivity contribution >= 4 is 6.09 Å². The second kappa shape index (κ2) is 6.85. The molecule has 1 atom stereocenters. The normalized spacial score (nSPS) is 12.1. The Hall–Kier alpha value is -1.62. The number of amides is 1. The fourth-order valence-electron chi connectivity index (χ4n) is 1.52. The van der Waals surface area contributed by atoms with Crippen LogP contribution >= 0.6 is 0 Å². The third-order valence-electron chi connectivity index (χ3n) is 2.31. The fraction of sp³-hybridized carbons (Fsp3) is 0.417. The Bertz CT molecular complexity index is 353. The van der Waals surface area contributed by atoms with Gasteiger partial charge in [0, 0.05) is 13.7 Å². The van der Waals surface area contributed by atoms with Crippen LogP contribution in [-0.2, 0) is 9.47 Å². The minimum Gasteiger partial charge on any atom is -0.442 e. The first-order valence-electron chi connectivity index (χ1n) is 5.34. The maximum atomic E-state index is 12.8. The van der Waals surface area contributed by atoms with Crippen molar-refractivity contribution in [2.75, 3.05) is 13.7 Å². The van der Waals surface area contributed by atoms with Crippen LogP contribution in [0.1, 0.15) is 24.5 Å². The first kappa shape index (κ1) is 13.4. The highest BCUT2D eigenvalue weighted by molar-refractivity contribution is 5.65. The Labute approximate surface area is 99.5 Å². The van der Waals surface area contributed by atoms with E-state index in [2.05, 4.69) is 0 Å². The molecule has 5 heteroatoms. The van der Waals surface area contributed by atoms with Crippen LogP contribution in [0.5, 0.6) is 0 Å². The van der Waals surface area contributed by atoms with Crippen LogP contribution in [0.4, 0.5) is 9.18 Å². The van der Waals surface area contributed by atoms with Gasteiger partial charge in [0.25, 0.3) is 0 Å². The molecule has 0 unspecified atom stereocenters. The van der Waals surface area contributed by atoms with E-state index in [1.54, 1.807) is 19.2 Å². The highest BCUT2D eigenvalue weighted by Crippen LogP contribution is 2.23. The summed E-state index contributed by atoms with van der Waals surface area (Å²) in [7, 11) is 1.60. The number of halogens is 1. The molecule has 0 aromatic heterocycles. The number of ether oxygens (including phenoxy) is 2. The van der Waals surface area contributed by atoms with E-state index in [0.29, 0.717) is 13.0 Å². The molecule has 1 amide bonds. The van der Waals surface area contributed by atoms with Crippen molar-refractivity contribution in [2.24, 2.45) is 5.73 Å². The number of hydrogen-bond acceptors (Lipinski definition) is 3. The average Bonchev–Trinajstić information content (AvgIpc) is 2.28. The van der Waals surface area contributed by atoms with Gasteiger partial charge in [-0.2, -0.15) is 0 Å². The maximum Gasteiger partial charge on any atom is 0.405 e. The summed E-state index contributed by atoms with van der Waals surface area (Å²) in [6, 6.07) is 5.80. The molecule has 0 aliphatic carbocycles. The summed E-state index contributed by atoms with van der Waals surface area (Å²) in [6.07, 6.45) is 0.0221. The van der Waals surface area contributed by atoms with Crippen LogP contribution in [0.25, 0.3) is 0 Å². The maximum absolute atomic E-state index is 12.8. The van der Waals surface area contributed by atoms with E-state index in [9.17, 15) is 9.18 Å². The Kier molecular flexibility index (Phi) is 5.42. The molecular formula is C12H16FNO3. The van der Waals surface area contributed by atoms with Crippen LogP contribution in [-0.4, -0.2) is 19.8 Å². The van der Waals surface area contributed by atoms with Gasteiger partial charge in [-0.15, -0.1) is 0 Å². The third kappa shape index (κ3) is 4.82. The third-order valence-corrected chi connectivity index (χ3v) is 2.31. The van der Waals surface area contributed by atoms with Crippen molar-refractivity contribution in [3.8, 4) is 0 Å². The Morgan fingerprint density at radius 1 is 1.41 bits per heavy atom. The molecule has 0 spiro atoms. The summed E-state index contributed by atoms with van der Waals surface area (Å²) < 4.78 is 22.7. The lowest BCUT2D eigenvalue weighted by Gasteiger charge is -2.16. The van der Waals surface area contributed by atoms with Gasteiger partial charge in [0.2, 0.25) is 0 Å². The second-order valence-corrected chi connectivity index (χ2v) is 3.61. The SMILES string of the molecule is COCCC[C@H](OC(N)=O)c1ccc(F)cc1. The number of carbonyl (C=O) groups excluding carboxylic acids is 1. The monoisotopic (exact) mass is 241 g/mol. The molecule has 1 aromatic carbocycles. The molecule has 94 valence electrons. The quantitative estimate of drug-likeness (QED) is 0.778. The molecule has 0 aliphatic rings. The zero-order chi connectivity index (χ0) is 12.7. The van der Waals surface area contributed by atoms with Gasteiger partial charge < -0.3 is 15.2 Å². The van der Waals surface area contributed by atoms with Crippen molar-refractivity contribution in [1.29, 1.82) is 0 Å². The Morgan fingerprint density at radius 3 is 2.59 bits per heavy atom. The predicted octanol–water partition coefficient (Wildman–Crippen LogP) is 2.39. The summed E-state index contributed by atoms with van der Waals surface area (Å²) in [5.41, 5.74) is 5.72. The van der Waals surface area contributed by atoms with E-state index < -0.39 is 12.2 Å². The molecule has 0 radical (unpaired) electrons. The zero-order valence-corrected chi connectivity index (χ0v) is 9.69. The molecule has 1 rings (SSSR count). The molecule has 0 fully saturated rings. The van der Waals surface area contributed by atoms with Gasteiger partial charge in [0.1, 0.15) is 11.9 Å². The number of rotatable bonds is 6. The lowest BCUT2D eigenvalue weighted by molar-refractivity contribution is 0.0917. The van der Waals surface area contributed by atoms with Crippen molar-refractivity contribution in [3.63, 3.8) is 0 Å². The molecule has 2 N–H and O–H groups in total. The number of nitrogens with two attached hydrogens (primary N) is 1. The first-order chi connectivity index (χ1) is 8.13. The van der Waals surface area contributed by atoms with Crippen molar-refractivity contribution in [1.82, 2.24) is 0 Å². The molecule has 17 heavy (non-hydrogen) atoms. The molecule has 1 aromatic rings. The van der Waals surface area contributed by atoms with Gasteiger partial charge in [-0.25, -0.2) is 9.18 Å². The van der Waals surface area contributed by atoms with E-state index in [4.69, 9.17) is 15.2 Å². The topological polar surface area (TPSA) is 61.6 Å². The summed E-state index contributed by atoms with van der Waals surface area (Å²) >= 11 is 0. The highest BCUT2D eigenvalue weighted by atomic mass is 19.1. The van der Waals surface area contributed by atoms with Gasteiger partial charge in [-0.05, 0) is 30.5 Å². The first-order valence-corrected chi connectivity index (χ1v) is 5.34. The van der Waals surface area contributed by atoms with Gasteiger partial charge in [-0.1, -0.05) is 12.1 Å². The smallest absolute Gasteiger partial charge is 0.405 e. The van der Waals surface area contributed by atoms with E-state index in [1.807, 2.05) is 0 Å². The summed E-state index contributed by atoms with van der Waals surface area (Å²) in [4.78, 5) is 10.8. The van der Waals surface area contributed by atoms with E-state index >= 15 is 0 Å². The minimum atomic E-state index is -0.836. The van der Waals surface area contributed by atoms with Gasteiger partial charge in [-0.3, -0.25) is 0 Å². The molecule has 0 bridgehead atoms. The standard InChI is InChI=1S/C12H16FNO3/c1-16-8-2-3-11(17-12(14)15)9-4-6-10(13)7-5-9/h4-7,11H,2-3,8H2,1H3,(H2,14,15)/t11-/m0/s1. The van der Waals surface area contributed by atoms with E-state index in [1.165, 1.54) is 12.1 Å². The predicted molar refractivity (Wildman–Crippen MR) is 60.9 cm³/mol. The van der Waals surface area contributed by atoms with Gasteiger partial charge >= 0.3 is 6.09 Å². The number of carbonyl (C=O) groups is 1. The molecule has 0 saturated carbocycles. The summed E-state index contributed by atoms with van der Waals surface area (Å²) in [5, 5.41) is 0. The Balaban J connectivity index is 2.67. The average molecular weight is 241 g/mol. The molecular weight excluding hydrogens is 225 g/mol. The van der Waals surface area contributed by atoms with Gasteiger partial charge in [0.15, 0.2) is 0 Å². The highest BCUT2D eigenvalue weighted by Gasteiger charge is 2.14. The summed E-state index contributed by atoms with van der Waals surface area (Å²) in [6.45, 7) is 0.569. The number of primary amides is 1. The van der Waals surface area contributed by atoms with Crippen molar-refractivity contribution < 1.29 is 18.7 Å². The fourth-order valence-corrected chi connectivity index (χ4v) is 1.52. The minimum absolute atomic E-state index is 0.330. The molecule has 0 heterocycles. The zero-order valence-electron chi connectivity index (χ0n) is 9.69. The molecule has 0 saturated heterocycles. The lowest BCUT2D eigenvalue weighted by atomic mass is 10.0. The van der Waals surface area contributed by atoms with Crippen LogP contribution in [0, 0.1) is 5.82 Å². The summed E-state index contributed by atoms with van der Waals surface area (Å²) in [5.74, 6) is -0.330. The largest absolute Gasteiger partial charge is 0.442 e. The van der Waals surface area contributed by atoms with E-state index in [-0.39, 0.29) is 5.82 Å². The second-order valence-electron chi connectivity index (χ2n) is 3.61. The van der Waals surface area contributed by atoms with Crippen LogP contribution in [0.2, 0.25) is 0 Å². The van der Waals surface area contributed by atoms with E-state index in [0.717, 1.165) is 12.0 Å². The number of methoxy groups -OCH3 is 1. The molecule has 0 aliphatic heterocycles. The van der Waals surface area contributed by atoms with Gasteiger partial charge in [0.05, 0.1) is 0 Å². The number of hydrogen-bond donors (Lipinski definition) is 1. The number of benzene rings is 1. The van der Waals surface area contributed by atoms with Crippen molar-refractivity contribution in [2.45, 2.75) is 18.9 Å². The Morgan fingerprint density at radius 2 is 2.06 bits per heavy atom. The lowest BCUT2D eigenvalue weighted by Crippen LogP contribution is -2.17. The van der Waals surface area contributed by atoms with Crippen LogP contribution in [0.15, 0.2) is 24.3 Å². The van der Waals surface area contributed by atoms with Crippen LogP contribution < -0.4 is 5.73 Å².